The van der Waals surface area contributed by atoms with Gasteiger partial charge in [-0.3, -0.25) is 0 Å². The van der Waals surface area contributed by atoms with Crippen molar-refractivity contribution < 1.29 is 14.8 Å². The van der Waals surface area contributed by atoms with E-state index in [2.05, 4.69) is 0 Å². The number of quaternary nitrogens is 1. The highest BCUT2D eigenvalue weighted by atomic mass is 35.5. The Morgan fingerprint density at radius 2 is 1.79 bits per heavy atom. The molecule has 1 atom stereocenters. The van der Waals surface area contributed by atoms with Crippen molar-refractivity contribution in [2.24, 2.45) is 0 Å². The summed E-state index contributed by atoms with van der Waals surface area (Å²) >= 11 is 12.1. The largest absolute Gasteiger partial charge is 0.455 e. The first-order valence-electron chi connectivity index (χ1n) is 7.72. The van der Waals surface area contributed by atoms with Crippen LogP contribution in [0.15, 0.2) is 65.1 Å². The normalized spacial score (nSPS) is 12.3. The number of nitrogens with two attached hydrogens (primary N) is 1. The topological polar surface area (TPSA) is 50.0 Å². The van der Waals surface area contributed by atoms with E-state index in [9.17, 15) is 5.11 Å². The number of halogens is 2. The van der Waals surface area contributed by atoms with Crippen LogP contribution in [0.1, 0.15) is 17.4 Å². The lowest BCUT2D eigenvalue weighted by Gasteiger charge is -2.08. The Hall–Kier alpha value is -1.78. The van der Waals surface area contributed by atoms with Crippen molar-refractivity contribution in [3.05, 3.63) is 82.0 Å². The highest BCUT2D eigenvalue weighted by molar-refractivity contribution is 6.36. The van der Waals surface area contributed by atoms with E-state index in [-0.39, 0.29) is 0 Å². The second-order valence-electron chi connectivity index (χ2n) is 5.55. The van der Waals surface area contributed by atoms with Gasteiger partial charge in [-0.25, -0.2) is 0 Å². The van der Waals surface area contributed by atoms with Gasteiger partial charge < -0.3 is 14.8 Å². The summed E-state index contributed by atoms with van der Waals surface area (Å²) in [5.41, 5.74) is 1.73. The SMILES string of the molecule is O[C@@H](C[NH2+]Cc1ccc(-c2ccc(Cl)cc2Cl)o1)c1ccccc1. The number of aliphatic hydroxyl groups excluding tert-OH is 1. The maximum atomic E-state index is 10.2. The van der Waals surface area contributed by atoms with E-state index >= 15 is 0 Å². The summed E-state index contributed by atoms with van der Waals surface area (Å²) in [4.78, 5) is 0. The minimum atomic E-state index is -0.494. The molecule has 1 heterocycles. The van der Waals surface area contributed by atoms with Crippen molar-refractivity contribution in [3.63, 3.8) is 0 Å². The third-order valence-electron chi connectivity index (χ3n) is 3.78. The molecule has 0 fully saturated rings. The van der Waals surface area contributed by atoms with Crippen LogP contribution in [0.5, 0.6) is 0 Å². The fraction of sp³-hybridized carbons (Fsp3) is 0.158. The first kappa shape index (κ1) is 17.1. The molecule has 3 rings (SSSR count). The number of hydrogen-bond donors (Lipinski definition) is 2. The van der Waals surface area contributed by atoms with Gasteiger partial charge in [0.25, 0.3) is 0 Å². The second-order valence-corrected chi connectivity index (χ2v) is 6.39. The second kappa shape index (κ2) is 7.86. The summed E-state index contributed by atoms with van der Waals surface area (Å²) in [6.07, 6.45) is -0.494. The summed E-state index contributed by atoms with van der Waals surface area (Å²) in [5.74, 6) is 1.54. The first-order valence-corrected chi connectivity index (χ1v) is 8.48. The molecule has 0 spiro atoms. The molecule has 0 aliphatic heterocycles. The average Bonchev–Trinajstić information content (AvgIpc) is 3.04. The van der Waals surface area contributed by atoms with Gasteiger partial charge in [0.05, 0.1) is 5.02 Å². The molecule has 3 aromatic rings. The van der Waals surface area contributed by atoms with Gasteiger partial charge in [0.15, 0.2) is 5.76 Å². The number of rotatable bonds is 6. The van der Waals surface area contributed by atoms with Gasteiger partial charge in [0, 0.05) is 10.6 Å². The Morgan fingerprint density at radius 3 is 2.54 bits per heavy atom. The monoisotopic (exact) mass is 362 g/mol. The molecular weight excluding hydrogens is 345 g/mol. The highest BCUT2D eigenvalue weighted by Crippen LogP contribution is 2.31. The lowest BCUT2D eigenvalue weighted by molar-refractivity contribution is -0.679. The molecule has 0 saturated carbocycles. The lowest BCUT2D eigenvalue weighted by atomic mass is 10.1. The molecule has 5 heteroatoms. The smallest absolute Gasteiger partial charge is 0.158 e. The zero-order valence-corrected chi connectivity index (χ0v) is 14.5. The molecule has 0 saturated heterocycles. The van der Waals surface area contributed by atoms with Crippen LogP contribution in [0, 0.1) is 0 Å². The number of hydrogen-bond acceptors (Lipinski definition) is 2. The minimum absolute atomic E-state index is 0.494. The van der Waals surface area contributed by atoms with E-state index in [1.807, 2.05) is 53.8 Å². The molecule has 0 aliphatic carbocycles. The van der Waals surface area contributed by atoms with Crippen LogP contribution in [-0.2, 0) is 6.54 Å². The van der Waals surface area contributed by atoms with Crippen molar-refractivity contribution in [1.82, 2.24) is 0 Å². The molecule has 0 bridgehead atoms. The summed E-state index contributed by atoms with van der Waals surface area (Å²) in [6.45, 7) is 1.22. The number of furan rings is 1. The Morgan fingerprint density at radius 1 is 1.00 bits per heavy atom. The van der Waals surface area contributed by atoms with Crippen LogP contribution < -0.4 is 5.32 Å². The van der Waals surface area contributed by atoms with Crippen molar-refractivity contribution in [2.75, 3.05) is 6.54 Å². The molecule has 0 radical (unpaired) electrons. The quantitative estimate of drug-likeness (QED) is 0.694. The van der Waals surface area contributed by atoms with Crippen LogP contribution >= 0.6 is 23.2 Å². The van der Waals surface area contributed by atoms with Gasteiger partial charge >= 0.3 is 0 Å². The number of aliphatic hydroxyl groups is 1. The first-order chi connectivity index (χ1) is 11.6. The molecule has 2 aromatic carbocycles. The zero-order chi connectivity index (χ0) is 16.9. The predicted octanol–water partition coefficient (Wildman–Crippen LogP) is 4.05. The van der Waals surface area contributed by atoms with Gasteiger partial charge in [-0.2, -0.15) is 0 Å². The molecule has 124 valence electrons. The Kier molecular flexibility index (Phi) is 5.59. The highest BCUT2D eigenvalue weighted by Gasteiger charge is 2.12. The van der Waals surface area contributed by atoms with E-state index < -0.39 is 6.10 Å². The zero-order valence-electron chi connectivity index (χ0n) is 13.0. The van der Waals surface area contributed by atoms with E-state index in [0.717, 1.165) is 16.9 Å². The van der Waals surface area contributed by atoms with Gasteiger partial charge in [0.1, 0.15) is 25.0 Å². The molecule has 3 nitrogen and oxygen atoms in total. The van der Waals surface area contributed by atoms with E-state index in [0.29, 0.717) is 28.9 Å². The van der Waals surface area contributed by atoms with E-state index in [1.54, 1.807) is 12.1 Å². The molecule has 0 aliphatic rings. The maximum absolute atomic E-state index is 10.2. The predicted molar refractivity (Wildman–Crippen MR) is 96.1 cm³/mol. The van der Waals surface area contributed by atoms with Gasteiger partial charge in [-0.15, -0.1) is 0 Å². The van der Waals surface area contributed by atoms with Gasteiger partial charge in [0.2, 0.25) is 0 Å². The molecule has 1 aromatic heterocycles. The van der Waals surface area contributed by atoms with E-state index in [4.69, 9.17) is 27.6 Å². The standard InChI is InChI=1S/C19H17Cl2NO2/c20-14-6-8-16(17(21)10-14)19-9-7-15(24-19)11-22-12-18(23)13-4-2-1-3-5-13/h1-10,18,22-23H,11-12H2/p+1/t18-/m0/s1. The minimum Gasteiger partial charge on any atom is -0.455 e. The van der Waals surface area contributed by atoms with Crippen LogP contribution in [-0.4, -0.2) is 11.7 Å². The third kappa shape index (κ3) is 4.19. The third-order valence-corrected chi connectivity index (χ3v) is 4.33. The van der Waals surface area contributed by atoms with Crippen LogP contribution in [0.3, 0.4) is 0 Å². The van der Waals surface area contributed by atoms with E-state index in [1.165, 1.54) is 0 Å². The van der Waals surface area contributed by atoms with Crippen LogP contribution in [0.25, 0.3) is 11.3 Å². The Balaban J connectivity index is 1.58. The molecule has 0 amide bonds. The van der Waals surface area contributed by atoms with Crippen molar-refractivity contribution in [2.45, 2.75) is 12.6 Å². The number of benzene rings is 2. The molecule has 3 N–H and O–H groups in total. The van der Waals surface area contributed by atoms with Crippen LogP contribution in [0.2, 0.25) is 10.0 Å². The summed E-state index contributed by atoms with van der Waals surface area (Å²) in [7, 11) is 0. The summed E-state index contributed by atoms with van der Waals surface area (Å²) < 4.78 is 5.84. The van der Waals surface area contributed by atoms with Crippen molar-refractivity contribution >= 4 is 23.2 Å². The lowest BCUT2D eigenvalue weighted by Crippen LogP contribution is -2.83. The molecule has 24 heavy (non-hydrogen) atoms. The van der Waals surface area contributed by atoms with Gasteiger partial charge in [-0.05, 0) is 35.9 Å². The fourth-order valence-electron chi connectivity index (χ4n) is 2.52. The maximum Gasteiger partial charge on any atom is 0.158 e. The average molecular weight is 363 g/mol. The van der Waals surface area contributed by atoms with Crippen molar-refractivity contribution in [1.29, 1.82) is 0 Å². The summed E-state index contributed by atoms with van der Waals surface area (Å²) in [6, 6.07) is 18.8. The van der Waals surface area contributed by atoms with Gasteiger partial charge in [-0.1, -0.05) is 53.5 Å². The van der Waals surface area contributed by atoms with Crippen LogP contribution in [0.4, 0.5) is 0 Å². The fourth-order valence-corrected chi connectivity index (χ4v) is 3.02. The molecule has 0 unspecified atom stereocenters. The Bertz CT molecular complexity index is 802. The summed E-state index contributed by atoms with van der Waals surface area (Å²) in [5, 5.41) is 13.3. The van der Waals surface area contributed by atoms with Crippen molar-refractivity contribution in [3.8, 4) is 11.3 Å². The Labute approximate surface area is 150 Å². The molecular formula is C19H18Cl2NO2+.